The van der Waals surface area contributed by atoms with E-state index in [1.807, 2.05) is 0 Å². The summed E-state index contributed by atoms with van der Waals surface area (Å²) in [6, 6.07) is 4.20. The molecule has 0 N–H and O–H groups in total. The van der Waals surface area contributed by atoms with Crippen molar-refractivity contribution in [3.63, 3.8) is 0 Å². The molecule has 2 nitrogen and oxygen atoms in total. The van der Waals surface area contributed by atoms with Crippen molar-refractivity contribution >= 4 is 5.78 Å². The van der Waals surface area contributed by atoms with Crippen LogP contribution in [0.3, 0.4) is 0 Å². The molecule has 0 aliphatic carbocycles. The second-order valence-electron chi connectivity index (χ2n) is 2.81. The van der Waals surface area contributed by atoms with Gasteiger partial charge in [-0.2, -0.15) is 5.26 Å². The number of halogens is 1. The van der Waals surface area contributed by atoms with Crippen molar-refractivity contribution in [1.29, 1.82) is 5.26 Å². The van der Waals surface area contributed by atoms with E-state index in [0.29, 0.717) is 11.1 Å². The first kappa shape index (κ1) is 9.40. The number of benzene rings is 1. The molecule has 0 amide bonds. The van der Waals surface area contributed by atoms with Crippen LogP contribution in [0.1, 0.15) is 28.4 Å². The fraction of sp³-hybridized carbons (Fsp3) is 0.200. The van der Waals surface area contributed by atoms with Gasteiger partial charge in [-0.3, -0.25) is 4.79 Å². The van der Waals surface area contributed by atoms with Gasteiger partial charge in [-0.1, -0.05) is 0 Å². The molecule has 3 heteroatoms. The highest BCUT2D eigenvalue weighted by molar-refractivity contribution is 5.95. The van der Waals surface area contributed by atoms with Crippen LogP contribution in [0.25, 0.3) is 0 Å². The second-order valence-corrected chi connectivity index (χ2v) is 2.81. The number of ketones is 1. The predicted octanol–water partition coefficient (Wildman–Crippen LogP) is 2.21. The summed E-state index contributed by atoms with van der Waals surface area (Å²) < 4.78 is 13.0. The van der Waals surface area contributed by atoms with Crippen molar-refractivity contribution in [2.45, 2.75) is 13.8 Å². The minimum atomic E-state index is -0.640. The van der Waals surface area contributed by atoms with E-state index in [0.717, 1.165) is 6.07 Å². The molecule has 0 bridgehead atoms. The molecule has 66 valence electrons. The van der Waals surface area contributed by atoms with E-state index < -0.39 is 5.82 Å². The van der Waals surface area contributed by atoms with E-state index in [-0.39, 0.29) is 11.3 Å². The van der Waals surface area contributed by atoms with E-state index in [1.54, 1.807) is 13.0 Å². The van der Waals surface area contributed by atoms with E-state index in [9.17, 15) is 9.18 Å². The fourth-order valence-corrected chi connectivity index (χ4v) is 1.15. The monoisotopic (exact) mass is 177 g/mol. The molecule has 0 heterocycles. The largest absolute Gasteiger partial charge is 0.294 e. The van der Waals surface area contributed by atoms with Gasteiger partial charge in [-0.05, 0) is 31.5 Å². The molecule has 0 fully saturated rings. The van der Waals surface area contributed by atoms with Crippen LogP contribution in [0.5, 0.6) is 0 Å². The summed E-state index contributed by atoms with van der Waals surface area (Å²) in [7, 11) is 0. The van der Waals surface area contributed by atoms with Gasteiger partial charge in [0.05, 0.1) is 5.56 Å². The molecule has 0 atom stereocenters. The van der Waals surface area contributed by atoms with Crippen molar-refractivity contribution < 1.29 is 9.18 Å². The molecule has 0 aromatic heterocycles. The Kier molecular flexibility index (Phi) is 2.43. The average Bonchev–Trinajstić information content (AvgIpc) is 2.07. The van der Waals surface area contributed by atoms with E-state index in [4.69, 9.17) is 5.26 Å². The third-order valence-electron chi connectivity index (χ3n) is 1.81. The Balaban J connectivity index is 3.39. The molecule has 0 saturated carbocycles. The Morgan fingerprint density at radius 2 is 2.15 bits per heavy atom. The van der Waals surface area contributed by atoms with Gasteiger partial charge in [0.1, 0.15) is 11.9 Å². The standard InChI is InChI=1S/C10H8FNO/c1-6-3-8(5-12)10(11)4-9(6)7(2)13/h3-4H,1-2H3. The Bertz CT molecular complexity index is 404. The lowest BCUT2D eigenvalue weighted by atomic mass is 10.0. The van der Waals surface area contributed by atoms with Gasteiger partial charge < -0.3 is 0 Å². The van der Waals surface area contributed by atoms with E-state index in [2.05, 4.69) is 0 Å². The summed E-state index contributed by atoms with van der Waals surface area (Å²) in [5, 5.41) is 8.50. The summed E-state index contributed by atoms with van der Waals surface area (Å²) >= 11 is 0. The zero-order valence-electron chi connectivity index (χ0n) is 7.39. The van der Waals surface area contributed by atoms with E-state index >= 15 is 0 Å². The molecule has 1 aromatic carbocycles. The van der Waals surface area contributed by atoms with Crippen LogP contribution in [0.2, 0.25) is 0 Å². The molecule has 0 radical (unpaired) electrons. The molecular formula is C10H8FNO. The number of carbonyl (C=O) groups is 1. The highest BCUT2D eigenvalue weighted by Crippen LogP contribution is 2.15. The number of hydrogen-bond donors (Lipinski definition) is 0. The first-order valence-electron chi connectivity index (χ1n) is 3.77. The summed E-state index contributed by atoms with van der Waals surface area (Å²) in [6.45, 7) is 3.05. The molecular weight excluding hydrogens is 169 g/mol. The highest BCUT2D eigenvalue weighted by atomic mass is 19.1. The van der Waals surface area contributed by atoms with Gasteiger partial charge in [-0.15, -0.1) is 0 Å². The van der Waals surface area contributed by atoms with Gasteiger partial charge in [-0.25, -0.2) is 4.39 Å². The summed E-state index contributed by atoms with van der Waals surface area (Å²) in [4.78, 5) is 11.0. The Labute approximate surface area is 75.6 Å². The fourth-order valence-electron chi connectivity index (χ4n) is 1.15. The average molecular weight is 177 g/mol. The second kappa shape index (κ2) is 3.36. The number of aryl methyl sites for hydroxylation is 1. The minimum Gasteiger partial charge on any atom is -0.294 e. The zero-order valence-corrected chi connectivity index (χ0v) is 7.39. The van der Waals surface area contributed by atoms with Crippen LogP contribution in [0.4, 0.5) is 4.39 Å². The molecule has 0 unspecified atom stereocenters. The highest BCUT2D eigenvalue weighted by Gasteiger charge is 2.09. The lowest BCUT2D eigenvalue weighted by Crippen LogP contribution is -1.98. The summed E-state index contributed by atoms with van der Waals surface area (Å²) in [5.41, 5.74) is 0.935. The molecule has 0 aliphatic heterocycles. The van der Waals surface area contributed by atoms with Crippen molar-refractivity contribution in [2.75, 3.05) is 0 Å². The lowest BCUT2D eigenvalue weighted by Gasteiger charge is -2.02. The Morgan fingerprint density at radius 3 is 2.62 bits per heavy atom. The van der Waals surface area contributed by atoms with Gasteiger partial charge in [0.15, 0.2) is 5.78 Å². The zero-order chi connectivity index (χ0) is 10.0. The Hall–Kier alpha value is -1.69. The lowest BCUT2D eigenvalue weighted by molar-refractivity contribution is 0.101. The van der Waals surface area contributed by atoms with Crippen LogP contribution in [0, 0.1) is 24.1 Å². The normalized spacial score (nSPS) is 9.38. The maximum atomic E-state index is 13.0. The van der Waals surface area contributed by atoms with Gasteiger partial charge in [0.2, 0.25) is 0 Å². The van der Waals surface area contributed by atoms with Crippen molar-refractivity contribution in [3.05, 3.63) is 34.6 Å². The number of nitriles is 1. The number of rotatable bonds is 1. The quantitative estimate of drug-likeness (QED) is 0.617. The first-order valence-corrected chi connectivity index (χ1v) is 3.77. The maximum absolute atomic E-state index is 13.0. The number of carbonyl (C=O) groups excluding carboxylic acids is 1. The smallest absolute Gasteiger partial charge is 0.160 e. The molecule has 0 spiro atoms. The maximum Gasteiger partial charge on any atom is 0.160 e. The molecule has 1 rings (SSSR count). The number of nitrogens with zero attached hydrogens (tertiary/aromatic N) is 1. The van der Waals surface area contributed by atoms with Crippen LogP contribution < -0.4 is 0 Å². The Morgan fingerprint density at radius 1 is 1.54 bits per heavy atom. The topological polar surface area (TPSA) is 40.9 Å². The number of hydrogen-bond acceptors (Lipinski definition) is 2. The van der Waals surface area contributed by atoms with Crippen molar-refractivity contribution in [3.8, 4) is 6.07 Å². The van der Waals surface area contributed by atoms with Gasteiger partial charge in [0, 0.05) is 5.56 Å². The third-order valence-corrected chi connectivity index (χ3v) is 1.81. The summed E-state index contributed by atoms with van der Waals surface area (Å²) in [6.07, 6.45) is 0. The van der Waals surface area contributed by atoms with Crippen LogP contribution in [-0.4, -0.2) is 5.78 Å². The van der Waals surface area contributed by atoms with Crippen LogP contribution in [0.15, 0.2) is 12.1 Å². The third kappa shape index (κ3) is 1.73. The first-order chi connectivity index (χ1) is 6.06. The van der Waals surface area contributed by atoms with Crippen LogP contribution in [-0.2, 0) is 0 Å². The van der Waals surface area contributed by atoms with Crippen molar-refractivity contribution in [1.82, 2.24) is 0 Å². The summed E-state index contributed by atoms with van der Waals surface area (Å²) in [5.74, 6) is -0.834. The van der Waals surface area contributed by atoms with Gasteiger partial charge >= 0.3 is 0 Å². The molecule has 0 saturated heterocycles. The molecule has 0 aliphatic rings. The predicted molar refractivity (Wildman–Crippen MR) is 45.9 cm³/mol. The van der Waals surface area contributed by atoms with Crippen LogP contribution >= 0.6 is 0 Å². The molecule has 1 aromatic rings. The SMILES string of the molecule is CC(=O)c1cc(F)c(C#N)cc1C. The van der Waals surface area contributed by atoms with E-state index in [1.165, 1.54) is 13.0 Å². The molecule has 13 heavy (non-hydrogen) atoms. The minimum absolute atomic E-state index is 0.0255. The number of Topliss-reactive ketones (excluding diaryl/α,β-unsaturated/α-hetero) is 1. The van der Waals surface area contributed by atoms with Gasteiger partial charge in [0.25, 0.3) is 0 Å². The van der Waals surface area contributed by atoms with Crippen molar-refractivity contribution in [2.24, 2.45) is 0 Å².